The molecule has 0 N–H and O–H groups in total. The molecule has 10 heavy (non-hydrogen) atoms. The van der Waals surface area contributed by atoms with Gasteiger partial charge >= 0.3 is 0 Å². The second-order valence-corrected chi connectivity index (χ2v) is 3.70. The lowest BCUT2D eigenvalue weighted by atomic mass is 10.1. The van der Waals surface area contributed by atoms with Crippen LogP contribution in [0.4, 0.5) is 0 Å². The smallest absolute Gasteiger partial charge is 0.195 e. The summed E-state index contributed by atoms with van der Waals surface area (Å²) >= 11 is 0. The predicted octanol–water partition coefficient (Wildman–Crippen LogP) is 1.27. The lowest BCUT2D eigenvalue weighted by Gasteiger charge is -2.29. The number of aliphatic imine (C=N–C) groups is 1. The Kier molecular flexibility index (Phi) is 1.59. The zero-order chi connectivity index (χ0) is 7.94. The molecule has 0 aromatic heterocycles. The number of rotatable bonds is 0. The maximum Gasteiger partial charge on any atom is 0.195 e. The van der Waals surface area contributed by atoms with E-state index in [0.29, 0.717) is 12.1 Å². The van der Waals surface area contributed by atoms with E-state index in [4.69, 9.17) is 0 Å². The van der Waals surface area contributed by atoms with E-state index in [-0.39, 0.29) is 0 Å². The third-order valence-corrected chi connectivity index (χ3v) is 2.94. The first-order valence-corrected chi connectivity index (χ1v) is 3.85. The number of amidine groups is 1. The fraction of sp³-hybridized carbons (Fsp3) is 0.875. The Labute approximate surface area is 63.2 Å². The molecular formula is C8H17N2+. The van der Waals surface area contributed by atoms with Crippen molar-refractivity contribution in [1.82, 2.24) is 0 Å². The maximum absolute atomic E-state index is 4.51. The molecule has 2 nitrogen and oxygen atoms in total. The minimum Gasteiger partial charge on any atom is -0.280 e. The van der Waals surface area contributed by atoms with Crippen LogP contribution in [0.5, 0.6) is 0 Å². The van der Waals surface area contributed by atoms with E-state index in [1.807, 2.05) is 0 Å². The molecule has 2 atom stereocenters. The van der Waals surface area contributed by atoms with Gasteiger partial charge in [0.05, 0.1) is 14.1 Å². The van der Waals surface area contributed by atoms with Gasteiger partial charge in [-0.25, -0.2) is 4.99 Å². The molecule has 0 bridgehead atoms. The van der Waals surface area contributed by atoms with Gasteiger partial charge < -0.3 is 0 Å². The Morgan fingerprint density at radius 2 is 1.80 bits per heavy atom. The third kappa shape index (κ3) is 0.870. The lowest BCUT2D eigenvalue weighted by molar-refractivity contribution is -0.820. The van der Waals surface area contributed by atoms with Gasteiger partial charge in [-0.3, -0.25) is 4.48 Å². The molecule has 58 valence electrons. The van der Waals surface area contributed by atoms with Crippen LogP contribution in [0.1, 0.15) is 20.8 Å². The summed E-state index contributed by atoms with van der Waals surface area (Å²) in [7, 11) is 4.43. The quantitative estimate of drug-likeness (QED) is 0.450. The van der Waals surface area contributed by atoms with Crippen molar-refractivity contribution in [2.45, 2.75) is 32.9 Å². The summed E-state index contributed by atoms with van der Waals surface area (Å²) in [5, 5.41) is 0. The van der Waals surface area contributed by atoms with Crippen LogP contribution < -0.4 is 0 Å². The van der Waals surface area contributed by atoms with Crippen LogP contribution in [0, 0.1) is 0 Å². The summed E-state index contributed by atoms with van der Waals surface area (Å²) in [6, 6.07) is 1.13. The summed E-state index contributed by atoms with van der Waals surface area (Å²) in [6.07, 6.45) is 0. The van der Waals surface area contributed by atoms with Gasteiger partial charge in [-0.2, -0.15) is 0 Å². The van der Waals surface area contributed by atoms with Crippen molar-refractivity contribution in [1.29, 1.82) is 0 Å². The minimum absolute atomic E-state index is 0.495. The van der Waals surface area contributed by atoms with Crippen LogP contribution in [0.15, 0.2) is 4.99 Å². The van der Waals surface area contributed by atoms with Gasteiger partial charge in [-0.1, -0.05) is 0 Å². The Balaban J connectivity index is 2.89. The third-order valence-electron chi connectivity index (χ3n) is 2.94. The highest BCUT2D eigenvalue weighted by Crippen LogP contribution is 2.21. The van der Waals surface area contributed by atoms with Gasteiger partial charge in [0.1, 0.15) is 12.1 Å². The molecule has 0 saturated heterocycles. The molecule has 1 rings (SSSR count). The van der Waals surface area contributed by atoms with Crippen LogP contribution >= 0.6 is 0 Å². The van der Waals surface area contributed by atoms with Crippen LogP contribution in [0.3, 0.4) is 0 Å². The Morgan fingerprint density at radius 3 is 1.90 bits per heavy atom. The van der Waals surface area contributed by atoms with Crippen molar-refractivity contribution >= 4 is 5.84 Å². The molecule has 2 unspecified atom stereocenters. The first-order valence-electron chi connectivity index (χ1n) is 3.85. The minimum atomic E-state index is 0.495. The molecule has 0 radical (unpaired) electrons. The summed E-state index contributed by atoms with van der Waals surface area (Å²) < 4.78 is 0.959. The normalized spacial score (nSPS) is 37.9. The van der Waals surface area contributed by atoms with Crippen molar-refractivity contribution in [3.63, 3.8) is 0 Å². The molecule has 0 saturated carbocycles. The van der Waals surface area contributed by atoms with Crippen molar-refractivity contribution in [3.05, 3.63) is 0 Å². The van der Waals surface area contributed by atoms with E-state index in [2.05, 4.69) is 39.9 Å². The zero-order valence-corrected chi connectivity index (χ0v) is 7.55. The first-order chi connectivity index (χ1) is 4.46. The van der Waals surface area contributed by atoms with Crippen LogP contribution in [-0.2, 0) is 0 Å². The average Bonchev–Trinajstić information content (AvgIpc) is 1.97. The topological polar surface area (TPSA) is 12.4 Å². The molecule has 0 aromatic rings. The van der Waals surface area contributed by atoms with E-state index >= 15 is 0 Å². The Morgan fingerprint density at radius 1 is 1.30 bits per heavy atom. The Hall–Kier alpha value is -0.370. The largest absolute Gasteiger partial charge is 0.280 e. The lowest BCUT2D eigenvalue weighted by Crippen LogP contribution is -2.49. The average molecular weight is 141 g/mol. The molecule has 1 heterocycles. The van der Waals surface area contributed by atoms with Crippen LogP contribution in [-0.4, -0.2) is 36.5 Å². The SMILES string of the molecule is CC1=NC(C)C(C)[N+]1(C)C. The van der Waals surface area contributed by atoms with Crippen molar-refractivity contribution < 1.29 is 4.48 Å². The number of nitrogens with zero attached hydrogens (tertiary/aromatic N) is 2. The summed E-state index contributed by atoms with van der Waals surface area (Å²) in [5.41, 5.74) is 0. The molecular weight excluding hydrogens is 124 g/mol. The second kappa shape index (κ2) is 2.06. The standard InChI is InChI=1S/C8H17N2/c1-6-7(2)10(4,5)8(3)9-6/h6-7H,1-5H3/q+1. The van der Waals surface area contributed by atoms with Gasteiger partial charge in [-0.05, 0) is 13.8 Å². The number of quaternary nitrogens is 1. The zero-order valence-electron chi connectivity index (χ0n) is 7.55. The summed E-state index contributed by atoms with van der Waals surface area (Å²) in [4.78, 5) is 4.51. The van der Waals surface area contributed by atoms with Gasteiger partial charge in [0.25, 0.3) is 0 Å². The van der Waals surface area contributed by atoms with E-state index < -0.39 is 0 Å². The number of likely N-dealkylation sites (N-methyl/N-ethyl adjacent to an activating group) is 1. The maximum atomic E-state index is 4.51. The molecule has 1 aliphatic rings. The van der Waals surface area contributed by atoms with Gasteiger partial charge in [0, 0.05) is 6.92 Å². The van der Waals surface area contributed by atoms with E-state index in [0.717, 1.165) is 4.48 Å². The molecule has 0 spiro atoms. The number of hydrogen-bond donors (Lipinski definition) is 0. The highest BCUT2D eigenvalue weighted by Gasteiger charge is 2.38. The fourth-order valence-electron chi connectivity index (χ4n) is 1.39. The fourth-order valence-corrected chi connectivity index (χ4v) is 1.39. The van der Waals surface area contributed by atoms with Crippen molar-refractivity contribution in [2.75, 3.05) is 14.1 Å². The highest BCUT2D eigenvalue weighted by atomic mass is 15.4. The van der Waals surface area contributed by atoms with E-state index in [1.54, 1.807) is 0 Å². The van der Waals surface area contributed by atoms with Crippen molar-refractivity contribution in [3.8, 4) is 0 Å². The van der Waals surface area contributed by atoms with Gasteiger partial charge in [0.15, 0.2) is 5.84 Å². The molecule has 0 aromatic carbocycles. The molecule has 1 aliphatic heterocycles. The van der Waals surface area contributed by atoms with Gasteiger partial charge in [0.2, 0.25) is 0 Å². The van der Waals surface area contributed by atoms with E-state index in [9.17, 15) is 0 Å². The number of hydrogen-bond acceptors (Lipinski definition) is 1. The first kappa shape index (κ1) is 7.73. The van der Waals surface area contributed by atoms with Gasteiger partial charge in [-0.15, -0.1) is 0 Å². The summed E-state index contributed by atoms with van der Waals surface area (Å²) in [6.45, 7) is 6.55. The van der Waals surface area contributed by atoms with E-state index in [1.165, 1.54) is 5.84 Å². The molecule has 0 amide bonds. The summed E-state index contributed by atoms with van der Waals surface area (Å²) in [5.74, 6) is 1.25. The Bertz CT molecular complexity index is 170. The highest BCUT2D eigenvalue weighted by molar-refractivity contribution is 5.74. The molecule has 0 fully saturated rings. The van der Waals surface area contributed by atoms with Crippen LogP contribution in [0.25, 0.3) is 0 Å². The molecule has 2 heteroatoms. The van der Waals surface area contributed by atoms with Crippen molar-refractivity contribution in [2.24, 2.45) is 4.99 Å². The molecule has 0 aliphatic carbocycles. The monoisotopic (exact) mass is 141 g/mol. The predicted molar refractivity (Wildman–Crippen MR) is 44.1 cm³/mol. The van der Waals surface area contributed by atoms with Crippen LogP contribution in [0.2, 0.25) is 0 Å². The second-order valence-electron chi connectivity index (χ2n) is 3.70.